The lowest BCUT2D eigenvalue weighted by Crippen LogP contribution is -2.49. The van der Waals surface area contributed by atoms with Crippen molar-refractivity contribution in [1.82, 2.24) is 15.1 Å². The van der Waals surface area contributed by atoms with Crippen LogP contribution in [0.4, 0.5) is 0 Å². The Morgan fingerprint density at radius 3 is 2.48 bits per heavy atom. The molecule has 1 aromatic carbocycles. The molecule has 0 aliphatic heterocycles. The Bertz CT molecular complexity index is 771. The molecule has 0 saturated carbocycles. The SMILES string of the molecule is Cc1nn(-c2ccc(Cl)c(Cl)c2)c(C)c1CC(=O)NC(C)(C)CN.Cl. The first-order chi connectivity index (χ1) is 11.1. The van der Waals surface area contributed by atoms with Crippen molar-refractivity contribution in [2.24, 2.45) is 5.73 Å². The van der Waals surface area contributed by atoms with Crippen molar-refractivity contribution in [2.45, 2.75) is 39.7 Å². The molecule has 5 nitrogen and oxygen atoms in total. The highest BCUT2D eigenvalue weighted by atomic mass is 35.5. The fourth-order valence-electron chi connectivity index (χ4n) is 2.43. The van der Waals surface area contributed by atoms with Crippen LogP contribution in [0.5, 0.6) is 0 Å². The number of hydrogen-bond donors (Lipinski definition) is 2. The molecule has 0 atom stereocenters. The summed E-state index contributed by atoms with van der Waals surface area (Å²) in [6, 6.07) is 5.32. The maximum absolute atomic E-state index is 12.3. The third kappa shape index (κ3) is 5.11. The minimum Gasteiger partial charge on any atom is -0.350 e. The summed E-state index contributed by atoms with van der Waals surface area (Å²) in [6.07, 6.45) is 0.252. The Labute approximate surface area is 164 Å². The molecule has 0 aliphatic rings. The first kappa shape index (κ1) is 21.8. The van der Waals surface area contributed by atoms with Crippen LogP contribution < -0.4 is 11.1 Å². The highest BCUT2D eigenvalue weighted by Crippen LogP contribution is 2.26. The summed E-state index contributed by atoms with van der Waals surface area (Å²) in [7, 11) is 0. The lowest BCUT2D eigenvalue weighted by atomic mass is 10.0. The van der Waals surface area contributed by atoms with Gasteiger partial charge in [0.05, 0.1) is 27.8 Å². The van der Waals surface area contributed by atoms with Crippen molar-refractivity contribution in [1.29, 1.82) is 0 Å². The smallest absolute Gasteiger partial charge is 0.225 e. The Morgan fingerprint density at radius 2 is 1.92 bits per heavy atom. The van der Waals surface area contributed by atoms with Crippen molar-refractivity contribution in [3.8, 4) is 5.69 Å². The second kappa shape index (κ2) is 8.41. The Hall–Kier alpha value is -1.27. The van der Waals surface area contributed by atoms with Crippen LogP contribution >= 0.6 is 35.6 Å². The molecule has 0 unspecified atom stereocenters. The topological polar surface area (TPSA) is 72.9 Å². The van der Waals surface area contributed by atoms with E-state index in [1.54, 1.807) is 16.8 Å². The number of carbonyl (C=O) groups is 1. The zero-order valence-electron chi connectivity index (χ0n) is 14.7. The quantitative estimate of drug-likeness (QED) is 0.798. The van der Waals surface area contributed by atoms with Gasteiger partial charge in [0.2, 0.25) is 5.91 Å². The van der Waals surface area contributed by atoms with Crippen LogP contribution in [0, 0.1) is 13.8 Å². The summed E-state index contributed by atoms with van der Waals surface area (Å²) in [5.74, 6) is -0.0784. The van der Waals surface area contributed by atoms with E-state index < -0.39 is 5.54 Å². The van der Waals surface area contributed by atoms with Crippen LogP contribution in [0.15, 0.2) is 18.2 Å². The maximum atomic E-state index is 12.3. The van der Waals surface area contributed by atoms with Gasteiger partial charge in [-0.15, -0.1) is 12.4 Å². The van der Waals surface area contributed by atoms with Crippen LogP contribution in [-0.4, -0.2) is 27.8 Å². The summed E-state index contributed by atoms with van der Waals surface area (Å²) in [4.78, 5) is 12.3. The molecular weight excluding hydrogens is 383 g/mol. The van der Waals surface area contributed by atoms with Gasteiger partial charge >= 0.3 is 0 Å². The first-order valence-corrected chi connectivity index (χ1v) is 8.42. The van der Waals surface area contributed by atoms with E-state index in [-0.39, 0.29) is 24.7 Å². The summed E-state index contributed by atoms with van der Waals surface area (Å²) in [5.41, 5.74) is 8.63. The molecule has 1 heterocycles. The molecule has 138 valence electrons. The number of carbonyl (C=O) groups excluding carboxylic acids is 1. The highest BCUT2D eigenvalue weighted by Gasteiger charge is 2.21. The van der Waals surface area contributed by atoms with Crippen molar-refractivity contribution >= 4 is 41.5 Å². The van der Waals surface area contributed by atoms with Crippen molar-refractivity contribution < 1.29 is 4.79 Å². The predicted molar refractivity (Wildman–Crippen MR) is 105 cm³/mol. The molecule has 0 bridgehead atoms. The minimum absolute atomic E-state index is 0. The zero-order valence-corrected chi connectivity index (χ0v) is 17.0. The second-order valence-electron chi connectivity index (χ2n) is 6.47. The molecule has 1 aromatic heterocycles. The molecule has 0 spiro atoms. The van der Waals surface area contributed by atoms with Crippen LogP contribution in [0.25, 0.3) is 5.69 Å². The molecule has 8 heteroatoms. The molecular formula is C17H23Cl3N4O. The number of nitrogens with one attached hydrogen (secondary N) is 1. The molecule has 2 rings (SSSR count). The van der Waals surface area contributed by atoms with Gasteiger partial charge in [0.25, 0.3) is 0 Å². The molecule has 1 amide bonds. The van der Waals surface area contributed by atoms with E-state index in [1.807, 2.05) is 33.8 Å². The Morgan fingerprint density at radius 1 is 1.28 bits per heavy atom. The fraction of sp³-hybridized carbons (Fsp3) is 0.412. The summed E-state index contributed by atoms with van der Waals surface area (Å²) < 4.78 is 1.77. The van der Waals surface area contributed by atoms with E-state index in [0.717, 1.165) is 22.6 Å². The van der Waals surface area contributed by atoms with Gasteiger partial charge in [0.1, 0.15) is 0 Å². The lowest BCUT2D eigenvalue weighted by Gasteiger charge is -2.24. The first-order valence-electron chi connectivity index (χ1n) is 7.66. The van der Waals surface area contributed by atoms with Crippen LogP contribution in [-0.2, 0) is 11.2 Å². The van der Waals surface area contributed by atoms with Gasteiger partial charge in [-0.2, -0.15) is 5.10 Å². The summed E-state index contributed by atoms with van der Waals surface area (Å²) in [5, 5.41) is 8.42. The van der Waals surface area contributed by atoms with E-state index >= 15 is 0 Å². The van der Waals surface area contributed by atoms with Gasteiger partial charge < -0.3 is 11.1 Å². The predicted octanol–water partition coefficient (Wildman–Crippen LogP) is 3.61. The average molecular weight is 406 g/mol. The fourth-order valence-corrected chi connectivity index (χ4v) is 2.72. The third-order valence-electron chi connectivity index (χ3n) is 3.91. The normalized spacial score (nSPS) is 11.2. The van der Waals surface area contributed by atoms with E-state index in [9.17, 15) is 4.79 Å². The number of hydrogen-bond acceptors (Lipinski definition) is 3. The highest BCUT2D eigenvalue weighted by molar-refractivity contribution is 6.42. The average Bonchev–Trinajstić information content (AvgIpc) is 2.77. The second-order valence-corrected chi connectivity index (χ2v) is 7.29. The van der Waals surface area contributed by atoms with Crippen LogP contribution in [0.3, 0.4) is 0 Å². The number of halogens is 3. The van der Waals surface area contributed by atoms with E-state index in [2.05, 4.69) is 10.4 Å². The number of benzene rings is 1. The Kier molecular flexibility index (Phi) is 7.32. The van der Waals surface area contributed by atoms with Gasteiger partial charge in [-0.1, -0.05) is 23.2 Å². The van der Waals surface area contributed by atoms with Gasteiger partial charge in [0, 0.05) is 23.3 Å². The monoisotopic (exact) mass is 404 g/mol. The molecule has 0 aliphatic carbocycles. The van der Waals surface area contributed by atoms with E-state index in [1.165, 1.54) is 0 Å². The van der Waals surface area contributed by atoms with Gasteiger partial charge in [-0.25, -0.2) is 4.68 Å². The molecule has 0 fully saturated rings. The largest absolute Gasteiger partial charge is 0.350 e. The molecule has 0 saturated heterocycles. The number of rotatable bonds is 5. The van der Waals surface area contributed by atoms with Gasteiger partial charge in [0.15, 0.2) is 0 Å². The van der Waals surface area contributed by atoms with Crippen molar-refractivity contribution in [2.75, 3.05) is 6.54 Å². The van der Waals surface area contributed by atoms with Crippen molar-refractivity contribution in [3.05, 3.63) is 45.2 Å². The molecule has 25 heavy (non-hydrogen) atoms. The Balaban J connectivity index is 0.00000312. The number of amides is 1. The molecule has 2 aromatic rings. The number of nitrogens with two attached hydrogens (primary N) is 1. The van der Waals surface area contributed by atoms with Gasteiger partial charge in [-0.3, -0.25) is 4.79 Å². The van der Waals surface area contributed by atoms with E-state index in [4.69, 9.17) is 28.9 Å². The number of aryl methyl sites for hydroxylation is 1. The van der Waals surface area contributed by atoms with Crippen molar-refractivity contribution in [3.63, 3.8) is 0 Å². The summed E-state index contributed by atoms with van der Waals surface area (Å²) >= 11 is 12.1. The van der Waals surface area contributed by atoms with Crippen LogP contribution in [0.2, 0.25) is 10.0 Å². The number of nitrogens with zero attached hydrogens (tertiary/aromatic N) is 2. The standard InChI is InChI=1S/C17H22Cl2N4O.ClH/c1-10-13(8-16(24)21-17(3,4)9-20)11(2)23(22-10)12-5-6-14(18)15(19)7-12;/h5-7H,8-9,20H2,1-4H3,(H,21,24);1H. The molecule has 0 radical (unpaired) electrons. The minimum atomic E-state index is -0.432. The maximum Gasteiger partial charge on any atom is 0.225 e. The third-order valence-corrected chi connectivity index (χ3v) is 4.65. The van der Waals surface area contributed by atoms with E-state index in [0.29, 0.717) is 16.6 Å². The zero-order chi connectivity index (χ0) is 18.1. The number of aromatic nitrogens is 2. The van der Waals surface area contributed by atoms with Gasteiger partial charge in [-0.05, 0) is 45.9 Å². The summed E-state index contributed by atoms with van der Waals surface area (Å²) in [6.45, 7) is 7.98. The lowest BCUT2D eigenvalue weighted by molar-refractivity contribution is -0.121. The molecule has 3 N–H and O–H groups in total. The van der Waals surface area contributed by atoms with Crippen LogP contribution in [0.1, 0.15) is 30.8 Å².